The van der Waals surface area contributed by atoms with Crippen LogP contribution in [0.1, 0.15) is 10.6 Å². The van der Waals surface area contributed by atoms with E-state index < -0.39 is 18.1 Å². The Bertz CT molecular complexity index is 1230. The highest BCUT2D eigenvalue weighted by Crippen LogP contribution is 2.24. The largest absolute Gasteiger partial charge is 0.573 e. The molecule has 0 saturated carbocycles. The van der Waals surface area contributed by atoms with Crippen molar-refractivity contribution in [2.24, 2.45) is 7.05 Å². The molecule has 1 saturated heterocycles. The molecule has 2 N–H and O–H groups in total. The maximum Gasteiger partial charge on any atom is 0.573 e. The smallest absolute Gasteiger partial charge is 0.406 e. The van der Waals surface area contributed by atoms with Crippen LogP contribution in [0, 0.1) is 0 Å². The number of carbonyl (C=O) groups is 2. The molecule has 0 bridgehead atoms. The van der Waals surface area contributed by atoms with Crippen LogP contribution >= 0.6 is 11.6 Å². The highest BCUT2D eigenvalue weighted by molar-refractivity contribution is 6.30. The van der Waals surface area contributed by atoms with Crippen LogP contribution in [-0.2, 0) is 7.05 Å². The summed E-state index contributed by atoms with van der Waals surface area (Å²) < 4.78 is 42.1. The molecular weight excluding hydrogens is 503 g/mol. The number of ether oxygens (including phenoxy) is 1. The molecule has 36 heavy (non-hydrogen) atoms. The second-order valence-electron chi connectivity index (χ2n) is 7.83. The molecule has 1 fully saturated rings. The van der Waals surface area contributed by atoms with Crippen LogP contribution in [0.4, 0.5) is 35.3 Å². The van der Waals surface area contributed by atoms with Gasteiger partial charge in [0, 0.05) is 51.3 Å². The summed E-state index contributed by atoms with van der Waals surface area (Å²) in [6, 6.07) is 7.57. The van der Waals surface area contributed by atoms with Crippen molar-refractivity contribution in [2.45, 2.75) is 6.36 Å². The van der Waals surface area contributed by atoms with E-state index in [1.807, 2.05) is 6.07 Å². The molecule has 4 rings (SSSR count). The number of rotatable bonds is 5. The van der Waals surface area contributed by atoms with Crippen molar-refractivity contribution in [3.05, 3.63) is 59.6 Å². The zero-order chi connectivity index (χ0) is 25.9. The van der Waals surface area contributed by atoms with Gasteiger partial charge >= 0.3 is 12.4 Å². The van der Waals surface area contributed by atoms with Gasteiger partial charge in [0.1, 0.15) is 11.6 Å². The van der Waals surface area contributed by atoms with E-state index in [2.05, 4.69) is 30.2 Å². The molecule has 0 unspecified atom stereocenters. The van der Waals surface area contributed by atoms with E-state index >= 15 is 0 Å². The minimum absolute atomic E-state index is 0.138. The summed E-state index contributed by atoms with van der Waals surface area (Å²) in [5.74, 6) is 0.376. The first kappa shape index (κ1) is 25.1. The van der Waals surface area contributed by atoms with E-state index in [1.54, 1.807) is 24.2 Å². The zero-order valence-electron chi connectivity index (χ0n) is 18.9. The minimum atomic E-state index is -4.80. The van der Waals surface area contributed by atoms with Crippen molar-refractivity contribution in [3.63, 3.8) is 0 Å². The maximum atomic E-state index is 13.0. The molecule has 1 aromatic carbocycles. The Morgan fingerprint density at radius 3 is 2.33 bits per heavy atom. The summed E-state index contributed by atoms with van der Waals surface area (Å²) in [6.07, 6.45) is -1.74. The van der Waals surface area contributed by atoms with Gasteiger partial charge in [-0.2, -0.15) is 0 Å². The van der Waals surface area contributed by atoms with Crippen LogP contribution in [-0.4, -0.2) is 63.9 Å². The van der Waals surface area contributed by atoms with Crippen molar-refractivity contribution >= 4 is 40.9 Å². The van der Waals surface area contributed by atoms with Crippen LogP contribution in [0.5, 0.6) is 5.75 Å². The molecule has 1 aliphatic heterocycles. The highest BCUT2D eigenvalue weighted by Gasteiger charge is 2.31. The number of urea groups is 1. The average molecular weight is 524 g/mol. The standard InChI is InChI=1S/C22H21ClF3N7O3/c1-31-13-17(30-21(35)28-15-3-5-16(6-4-15)36-22(24,25)26)29-19(31)20(34)33-10-8-32(9-11-33)18-7-2-14(23)12-27-18/h2-7,12-13H,8-11H2,1H3,(H2,28,30,35). The quantitative estimate of drug-likeness (QED) is 0.524. The van der Waals surface area contributed by atoms with Crippen LogP contribution in [0.25, 0.3) is 0 Å². The number of imidazole rings is 1. The number of halogens is 4. The monoisotopic (exact) mass is 523 g/mol. The molecule has 14 heteroatoms. The average Bonchev–Trinajstić information content (AvgIpc) is 3.19. The summed E-state index contributed by atoms with van der Waals surface area (Å²) in [4.78, 5) is 37.5. The van der Waals surface area contributed by atoms with Crippen LogP contribution in [0.2, 0.25) is 5.02 Å². The Morgan fingerprint density at radius 1 is 1.03 bits per heavy atom. The number of alkyl halides is 3. The Labute approximate surface area is 208 Å². The number of amides is 3. The van der Waals surface area contributed by atoms with Crippen molar-refractivity contribution in [1.29, 1.82) is 0 Å². The summed E-state index contributed by atoms with van der Waals surface area (Å²) in [5.41, 5.74) is 0.238. The lowest BCUT2D eigenvalue weighted by molar-refractivity contribution is -0.274. The van der Waals surface area contributed by atoms with Crippen molar-refractivity contribution < 1.29 is 27.5 Å². The van der Waals surface area contributed by atoms with Crippen LogP contribution < -0.4 is 20.3 Å². The lowest BCUT2D eigenvalue weighted by Gasteiger charge is -2.35. The SMILES string of the molecule is Cn1cc(NC(=O)Nc2ccc(OC(F)(F)F)cc2)nc1C(=O)N1CCN(c2ccc(Cl)cn2)CC1. The predicted molar refractivity (Wildman–Crippen MR) is 126 cm³/mol. The number of pyridine rings is 1. The molecule has 0 aliphatic carbocycles. The summed E-state index contributed by atoms with van der Waals surface area (Å²) in [6.45, 7) is 2.11. The van der Waals surface area contributed by atoms with Gasteiger partial charge in [0.15, 0.2) is 5.82 Å². The number of hydrogen-bond acceptors (Lipinski definition) is 6. The van der Waals surface area contributed by atoms with Crippen molar-refractivity contribution in [2.75, 3.05) is 41.7 Å². The van der Waals surface area contributed by atoms with E-state index in [4.69, 9.17) is 11.6 Å². The number of benzene rings is 1. The van der Waals surface area contributed by atoms with Gasteiger partial charge in [-0.15, -0.1) is 13.2 Å². The number of hydrogen-bond donors (Lipinski definition) is 2. The van der Waals surface area contributed by atoms with Crippen molar-refractivity contribution in [1.82, 2.24) is 19.4 Å². The molecule has 1 aliphatic rings. The number of anilines is 3. The third-order valence-electron chi connectivity index (χ3n) is 5.26. The first-order valence-corrected chi connectivity index (χ1v) is 11.1. The first-order chi connectivity index (χ1) is 17.1. The highest BCUT2D eigenvalue weighted by atomic mass is 35.5. The van der Waals surface area contributed by atoms with E-state index in [-0.39, 0.29) is 23.2 Å². The molecule has 3 aromatic rings. The van der Waals surface area contributed by atoms with E-state index in [0.29, 0.717) is 31.2 Å². The van der Waals surface area contributed by atoms with Gasteiger partial charge in [-0.1, -0.05) is 11.6 Å². The first-order valence-electron chi connectivity index (χ1n) is 10.7. The molecule has 3 amide bonds. The lowest BCUT2D eigenvalue weighted by Crippen LogP contribution is -2.49. The molecule has 2 aromatic heterocycles. The number of aryl methyl sites for hydroxylation is 1. The van der Waals surface area contributed by atoms with Gasteiger partial charge in [0.05, 0.1) is 5.02 Å². The van der Waals surface area contributed by atoms with E-state index in [1.165, 1.54) is 22.9 Å². The Hall–Kier alpha value is -4.00. The third kappa shape index (κ3) is 6.36. The molecule has 190 valence electrons. The van der Waals surface area contributed by atoms with Crippen LogP contribution in [0.15, 0.2) is 48.8 Å². The predicted octanol–water partition coefficient (Wildman–Crippen LogP) is 3.97. The molecule has 0 spiro atoms. The van der Waals surface area contributed by atoms with Crippen molar-refractivity contribution in [3.8, 4) is 5.75 Å². The number of nitrogens with zero attached hydrogens (tertiary/aromatic N) is 5. The normalized spacial score (nSPS) is 13.9. The number of nitrogens with one attached hydrogen (secondary N) is 2. The molecule has 3 heterocycles. The van der Waals surface area contributed by atoms with Gasteiger partial charge in [-0.3, -0.25) is 10.1 Å². The second-order valence-corrected chi connectivity index (χ2v) is 8.26. The van der Waals surface area contributed by atoms with Crippen LogP contribution in [0.3, 0.4) is 0 Å². The van der Waals surface area contributed by atoms with E-state index in [0.717, 1.165) is 18.0 Å². The van der Waals surface area contributed by atoms with E-state index in [9.17, 15) is 22.8 Å². The maximum absolute atomic E-state index is 13.0. The summed E-state index contributed by atoms with van der Waals surface area (Å²) in [5, 5.41) is 5.53. The van der Waals surface area contributed by atoms with Gasteiger partial charge in [0.2, 0.25) is 5.82 Å². The Kier molecular flexibility index (Phi) is 7.20. The second kappa shape index (κ2) is 10.3. The molecule has 10 nitrogen and oxygen atoms in total. The summed E-state index contributed by atoms with van der Waals surface area (Å²) >= 11 is 5.88. The van der Waals surface area contributed by atoms with Gasteiger partial charge in [-0.25, -0.2) is 14.8 Å². The van der Waals surface area contributed by atoms with Gasteiger partial charge in [-0.05, 0) is 36.4 Å². The Balaban J connectivity index is 1.31. The lowest BCUT2D eigenvalue weighted by atomic mass is 10.3. The number of carbonyl (C=O) groups excluding carboxylic acids is 2. The zero-order valence-corrected chi connectivity index (χ0v) is 19.7. The third-order valence-corrected chi connectivity index (χ3v) is 5.48. The van der Waals surface area contributed by atoms with Gasteiger partial charge < -0.3 is 24.4 Å². The molecular formula is C22H21ClF3N7O3. The summed E-state index contributed by atoms with van der Waals surface area (Å²) in [7, 11) is 1.64. The molecule has 0 atom stereocenters. The Morgan fingerprint density at radius 2 is 1.72 bits per heavy atom. The minimum Gasteiger partial charge on any atom is -0.406 e. The fraction of sp³-hybridized carbons (Fsp3) is 0.273. The van der Waals surface area contributed by atoms with Gasteiger partial charge in [0.25, 0.3) is 5.91 Å². The molecule has 0 radical (unpaired) electrons. The number of piperazine rings is 1. The number of aromatic nitrogens is 3. The fourth-order valence-corrected chi connectivity index (χ4v) is 3.69. The fourth-order valence-electron chi connectivity index (χ4n) is 3.58. The topological polar surface area (TPSA) is 105 Å².